The number of fused-ring (bicyclic) bond motifs is 2. The Labute approximate surface area is 232 Å². The van der Waals surface area contributed by atoms with E-state index < -0.39 is 15.8 Å². The number of hydrogen-bond acceptors (Lipinski definition) is 8. The Morgan fingerprint density at radius 3 is 2.48 bits per heavy atom. The topological polar surface area (TPSA) is 112 Å². The van der Waals surface area contributed by atoms with Crippen molar-refractivity contribution in [2.75, 3.05) is 31.4 Å². The molecule has 0 amide bonds. The summed E-state index contributed by atoms with van der Waals surface area (Å²) in [5, 5.41) is 11.2. The van der Waals surface area contributed by atoms with Crippen molar-refractivity contribution in [1.29, 1.82) is 0 Å². The molecule has 1 aliphatic rings. The van der Waals surface area contributed by atoms with Crippen molar-refractivity contribution in [3.63, 3.8) is 0 Å². The maximum atomic E-state index is 12.6. The third-order valence-electron chi connectivity index (χ3n) is 7.77. The molecule has 0 radical (unpaired) electrons. The molecule has 6 rings (SSSR count). The Morgan fingerprint density at radius 2 is 1.80 bits per heavy atom. The number of sulfone groups is 1. The molecular weight excluding hydrogens is 528 g/mol. The SMILES string of the molecule is COC(=O)c1ccc2c(-c3cccc4nn(C)cc34)nn(-c3ccc(N4CCC(S(C)(=O)=O)CC4)nc3)c2c1C. The highest BCUT2D eigenvalue weighted by Crippen LogP contribution is 2.36. The van der Waals surface area contributed by atoms with E-state index in [9.17, 15) is 13.2 Å². The highest BCUT2D eigenvalue weighted by Gasteiger charge is 2.27. The van der Waals surface area contributed by atoms with E-state index >= 15 is 0 Å². The highest BCUT2D eigenvalue weighted by molar-refractivity contribution is 7.91. The van der Waals surface area contributed by atoms with Gasteiger partial charge in [-0.1, -0.05) is 12.1 Å². The van der Waals surface area contributed by atoms with Crippen LogP contribution in [-0.2, 0) is 21.6 Å². The second-order valence-corrected chi connectivity index (χ2v) is 12.6. The maximum Gasteiger partial charge on any atom is 0.338 e. The lowest BCUT2D eigenvalue weighted by Gasteiger charge is -2.31. The Kier molecular flexibility index (Phi) is 6.33. The van der Waals surface area contributed by atoms with E-state index in [0.717, 1.165) is 50.1 Å². The number of ether oxygens (including phenoxy) is 1. The van der Waals surface area contributed by atoms with Crippen molar-refractivity contribution in [2.24, 2.45) is 7.05 Å². The van der Waals surface area contributed by atoms with Crippen LogP contribution >= 0.6 is 0 Å². The van der Waals surface area contributed by atoms with Gasteiger partial charge in [0, 0.05) is 48.9 Å². The molecule has 1 aliphatic heterocycles. The lowest BCUT2D eigenvalue weighted by atomic mass is 10.00. The summed E-state index contributed by atoms with van der Waals surface area (Å²) in [5.41, 5.74) is 5.36. The third kappa shape index (κ3) is 4.40. The molecule has 5 aromatic rings. The average Bonchev–Trinajstić information content (AvgIpc) is 3.53. The summed E-state index contributed by atoms with van der Waals surface area (Å²) in [6.45, 7) is 3.17. The predicted octanol–water partition coefficient (Wildman–Crippen LogP) is 4.08. The number of esters is 1. The molecule has 2 aromatic carbocycles. The van der Waals surface area contributed by atoms with E-state index in [4.69, 9.17) is 14.8 Å². The van der Waals surface area contributed by atoms with Gasteiger partial charge < -0.3 is 9.64 Å². The summed E-state index contributed by atoms with van der Waals surface area (Å²) in [4.78, 5) is 19.4. The van der Waals surface area contributed by atoms with E-state index in [1.807, 2.05) is 61.2 Å². The fourth-order valence-electron chi connectivity index (χ4n) is 5.66. The number of anilines is 1. The van der Waals surface area contributed by atoms with Crippen molar-refractivity contribution in [3.8, 4) is 16.9 Å². The second-order valence-electron chi connectivity index (χ2n) is 10.3. The third-order valence-corrected chi connectivity index (χ3v) is 9.45. The molecule has 40 heavy (non-hydrogen) atoms. The number of carbonyl (C=O) groups is 1. The zero-order chi connectivity index (χ0) is 28.2. The lowest BCUT2D eigenvalue weighted by molar-refractivity contribution is 0.0600. The van der Waals surface area contributed by atoms with Crippen molar-refractivity contribution < 1.29 is 17.9 Å². The van der Waals surface area contributed by atoms with Gasteiger partial charge in [-0.15, -0.1) is 0 Å². The Morgan fingerprint density at radius 1 is 1.02 bits per heavy atom. The van der Waals surface area contributed by atoms with Crippen LogP contribution in [0, 0.1) is 6.92 Å². The highest BCUT2D eigenvalue weighted by atomic mass is 32.2. The summed E-state index contributed by atoms with van der Waals surface area (Å²) in [6, 6.07) is 13.6. The Hall–Kier alpha value is -4.25. The van der Waals surface area contributed by atoms with E-state index in [0.29, 0.717) is 31.5 Å². The summed E-state index contributed by atoms with van der Waals surface area (Å²) in [6.07, 6.45) is 6.23. The average molecular weight is 559 g/mol. The molecular formula is C29H30N6O4S. The number of aryl methyl sites for hydroxylation is 2. The standard InChI is InChI=1S/C29H30N6O4S/c1-18-21(29(36)39-3)9-10-23-27(22-6-5-7-25-24(22)17-33(2)31-25)32-35(28(18)23)19-8-11-26(30-16-19)34-14-12-20(13-15-34)40(4,37)38/h5-11,16-17,20H,12-15H2,1-4H3. The van der Waals surface area contributed by atoms with Crippen LogP contribution < -0.4 is 4.90 Å². The minimum Gasteiger partial charge on any atom is -0.465 e. The number of methoxy groups -OCH3 is 1. The van der Waals surface area contributed by atoms with Gasteiger partial charge in [0.05, 0.1) is 40.8 Å². The van der Waals surface area contributed by atoms with Crippen molar-refractivity contribution >= 4 is 43.4 Å². The first-order valence-electron chi connectivity index (χ1n) is 13.1. The number of benzene rings is 2. The molecule has 11 heteroatoms. The van der Waals surface area contributed by atoms with Gasteiger partial charge in [0.2, 0.25) is 0 Å². The largest absolute Gasteiger partial charge is 0.465 e. The number of rotatable bonds is 5. The van der Waals surface area contributed by atoms with Gasteiger partial charge in [0.25, 0.3) is 0 Å². The molecule has 1 saturated heterocycles. The van der Waals surface area contributed by atoms with Crippen LogP contribution in [0.1, 0.15) is 28.8 Å². The molecule has 0 bridgehead atoms. The summed E-state index contributed by atoms with van der Waals surface area (Å²) in [7, 11) is 0.226. The zero-order valence-corrected chi connectivity index (χ0v) is 23.6. The number of aromatic nitrogens is 5. The zero-order valence-electron chi connectivity index (χ0n) is 22.8. The summed E-state index contributed by atoms with van der Waals surface area (Å²) in [5.74, 6) is 0.383. The molecule has 0 aliphatic carbocycles. The van der Waals surface area contributed by atoms with Crippen LogP contribution in [-0.4, -0.2) is 70.6 Å². The van der Waals surface area contributed by atoms with Gasteiger partial charge >= 0.3 is 5.97 Å². The number of nitrogens with zero attached hydrogens (tertiary/aromatic N) is 6. The van der Waals surface area contributed by atoms with E-state index in [2.05, 4.69) is 10.00 Å². The van der Waals surface area contributed by atoms with Crippen molar-refractivity contribution in [1.82, 2.24) is 24.5 Å². The fraction of sp³-hybridized carbons (Fsp3) is 0.310. The van der Waals surface area contributed by atoms with Crippen LogP contribution in [0.3, 0.4) is 0 Å². The van der Waals surface area contributed by atoms with E-state index in [1.165, 1.54) is 13.4 Å². The van der Waals surface area contributed by atoms with Gasteiger partial charge in [0.1, 0.15) is 21.3 Å². The van der Waals surface area contributed by atoms with Crippen molar-refractivity contribution in [3.05, 3.63) is 66.0 Å². The predicted molar refractivity (Wildman–Crippen MR) is 155 cm³/mol. The summed E-state index contributed by atoms with van der Waals surface area (Å²) >= 11 is 0. The number of piperidine rings is 1. The van der Waals surface area contributed by atoms with Crippen LogP contribution in [0.4, 0.5) is 5.82 Å². The molecule has 0 saturated carbocycles. The van der Waals surface area contributed by atoms with Gasteiger partial charge in [-0.25, -0.2) is 22.9 Å². The second kappa shape index (κ2) is 9.74. The van der Waals surface area contributed by atoms with Gasteiger partial charge in [-0.2, -0.15) is 10.2 Å². The van der Waals surface area contributed by atoms with Gasteiger partial charge in [-0.05, 0) is 55.7 Å². The molecule has 1 fully saturated rings. The van der Waals surface area contributed by atoms with Crippen LogP contribution in [0.5, 0.6) is 0 Å². The van der Waals surface area contributed by atoms with Gasteiger partial charge in [0.15, 0.2) is 0 Å². The molecule has 0 spiro atoms. The number of pyridine rings is 1. The normalized spacial score (nSPS) is 14.8. The lowest BCUT2D eigenvalue weighted by Crippen LogP contribution is -2.39. The molecule has 4 heterocycles. The first-order valence-corrected chi connectivity index (χ1v) is 15.0. The van der Waals surface area contributed by atoms with E-state index in [-0.39, 0.29) is 5.25 Å². The van der Waals surface area contributed by atoms with Crippen LogP contribution in [0.25, 0.3) is 38.8 Å². The molecule has 0 N–H and O–H groups in total. The molecule has 0 atom stereocenters. The number of carbonyl (C=O) groups excluding carboxylic acids is 1. The Balaban J connectivity index is 1.45. The van der Waals surface area contributed by atoms with Crippen LogP contribution in [0.2, 0.25) is 0 Å². The maximum absolute atomic E-state index is 12.6. The first kappa shape index (κ1) is 26.0. The molecule has 3 aromatic heterocycles. The minimum absolute atomic E-state index is 0.298. The minimum atomic E-state index is -3.04. The quantitative estimate of drug-likeness (QED) is 0.297. The molecule has 10 nitrogen and oxygen atoms in total. The van der Waals surface area contributed by atoms with E-state index in [1.54, 1.807) is 16.9 Å². The van der Waals surface area contributed by atoms with Gasteiger partial charge in [-0.3, -0.25) is 4.68 Å². The fourth-order valence-corrected chi connectivity index (χ4v) is 6.72. The molecule has 206 valence electrons. The first-order chi connectivity index (χ1) is 19.2. The number of hydrogen-bond donors (Lipinski definition) is 0. The van der Waals surface area contributed by atoms with Crippen molar-refractivity contribution in [2.45, 2.75) is 25.0 Å². The summed E-state index contributed by atoms with van der Waals surface area (Å²) < 4.78 is 32.6. The molecule has 0 unspecified atom stereocenters. The monoisotopic (exact) mass is 558 g/mol. The van der Waals surface area contributed by atoms with Crippen LogP contribution in [0.15, 0.2) is 54.9 Å². The smallest absolute Gasteiger partial charge is 0.338 e. The Bertz CT molecular complexity index is 1870.